The van der Waals surface area contributed by atoms with E-state index >= 15 is 0 Å². The van der Waals surface area contributed by atoms with Gasteiger partial charge in [-0.1, -0.05) is 26.0 Å². The molecule has 24 heavy (non-hydrogen) atoms. The highest BCUT2D eigenvalue weighted by molar-refractivity contribution is 5.70. The fourth-order valence-corrected chi connectivity index (χ4v) is 3.61. The molecule has 2 aromatic carbocycles. The van der Waals surface area contributed by atoms with Crippen molar-refractivity contribution in [3.63, 3.8) is 0 Å². The molecule has 0 fully saturated rings. The van der Waals surface area contributed by atoms with E-state index in [0.717, 1.165) is 22.6 Å². The van der Waals surface area contributed by atoms with Crippen molar-refractivity contribution in [2.45, 2.75) is 19.3 Å². The minimum atomic E-state index is -0.241. The number of fused-ring (bicyclic) bond motifs is 6. The molecule has 0 bridgehead atoms. The summed E-state index contributed by atoms with van der Waals surface area (Å²) < 4.78 is 29.4. The van der Waals surface area contributed by atoms with Gasteiger partial charge in [0.15, 0.2) is 23.0 Å². The zero-order valence-electron chi connectivity index (χ0n) is 13.7. The smallest absolute Gasteiger partial charge is 0.204 e. The fourth-order valence-electron chi connectivity index (χ4n) is 3.61. The average molecular weight is 326 g/mol. The van der Waals surface area contributed by atoms with Crippen LogP contribution in [-0.2, 0) is 5.41 Å². The van der Waals surface area contributed by atoms with Crippen LogP contribution < -0.4 is 23.7 Å². The SMILES string of the molecule is CC1(C)c2ccc3c(c2Oc2c1ccc1c2OCCO1)OCCO3. The second-order valence-electron chi connectivity index (χ2n) is 6.66. The second-order valence-corrected chi connectivity index (χ2v) is 6.66. The molecule has 0 saturated heterocycles. The Bertz CT molecular complexity index is 773. The van der Waals surface area contributed by atoms with Crippen molar-refractivity contribution in [1.29, 1.82) is 0 Å². The lowest BCUT2D eigenvalue weighted by molar-refractivity contribution is 0.157. The molecule has 3 heterocycles. The van der Waals surface area contributed by atoms with Gasteiger partial charge in [0.1, 0.15) is 26.4 Å². The van der Waals surface area contributed by atoms with Crippen LogP contribution in [0.5, 0.6) is 34.5 Å². The van der Waals surface area contributed by atoms with E-state index in [1.807, 2.05) is 12.1 Å². The van der Waals surface area contributed by atoms with E-state index in [1.54, 1.807) is 0 Å². The third-order valence-corrected chi connectivity index (χ3v) is 4.88. The minimum absolute atomic E-state index is 0.241. The van der Waals surface area contributed by atoms with E-state index in [4.69, 9.17) is 23.7 Å². The highest BCUT2D eigenvalue weighted by Gasteiger charge is 2.40. The van der Waals surface area contributed by atoms with E-state index < -0.39 is 0 Å². The highest BCUT2D eigenvalue weighted by atomic mass is 16.6. The molecule has 0 aromatic heterocycles. The predicted octanol–water partition coefficient (Wildman–Crippen LogP) is 3.66. The van der Waals surface area contributed by atoms with Gasteiger partial charge in [0.05, 0.1) is 0 Å². The summed E-state index contributed by atoms with van der Waals surface area (Å²) in [7, 11) is 0. The maximum Gasteiger partial charge on any atom is 0.204 e. The van der Waals surface area contributed by atoms with Gasteiger partial charge >= 0.3 is 0 Å². The Balaban J connectivity index is 1.75. The van der Waals surface area contributed by atoms with Crippen molar-refractivity contribution in [2.24, 2.45) is 0 Å². The molecule has 2 aromatic rings. The molecule has 3 aliphatic rings. The Morgan fingerprint density at radius 1 is 0.625 bits per heavy atom. The van der Waals surface area contributed by atoms with Crippen molar-refractivity contribution in [3.8, 4) is 34.5 Å². The largest absolute Gasteiger partial charge is 0.486 e. The molecule has 124 valence electrons. The van der Waals surface area contributed by atoms with Gasteiger partial charge in [-0.15, -0.1) is 0 Å². The minimum Gasteiger partial charge on any atom is -0.486 e. The molecule has 5 rings (SSSR count). The molecule has 5 heteroatoms. The van der Waals surface area contributed by atoms with Gasteiger partial charge in [0.25, 0.3) is 0 Å². The predicted molar refractivity (Wildman–Crippen MR) is 87.1 cm³/mol. The van der Waals surface area contributed by atoms with Crippen LogP contribution in [0.4, 0.5) is 0 Å². The van der Waals surface area contributed by atoms with Crippen LogP contribution in [-0.4, -0.2) is 26.4 Å². The van der Waals surface area contributed by atoms with Crippen LogP contribution in [0.25, 0.3) is 0 Å². The number of hydrogen-bond acceptors (Lipinski definition) is 5. The molecule has 5 nitrogen and oxygen atoms in total. The fraction of sp³-hybridized carbons (Fsp3) is 0.368. The summed E-state index contributed by atoms with van der Waals surface area (Å²) in [5.41, 5.74) is 1.92. The van der Waals surface area contributed by atoms with Crippen LogP contribution in [0.15, 0.2) is 24.3 Å². The van der Waals surface area contributed by atoms with Crippen LogP contribution in [0.3, 0.4) is 0 Å². The quantitative estimate of drug-likeness (QED) is 0.739. The van der Waals surface area contributed by atoms with E-state index in [9.17, 15) is 0 Å². The average Bonchev–Trinajstić information content (AvgIpc) is 2.61. The summed E-state index contributed by atoms with van der Waals surface area (Å²) in [6.45, 7) is 6.51. The van der Waals surface area contributed by atoms with Crippen LogP contribution in [0.1, 0.15) is 25.0 Å². The first-order chi connectivity index (χ1) is 11.7. The van der Waals surface area contributed by atoms with Gasteiger partial charge in [0, 0.05) is 16.5 Å². The number of ether oxygens (including phenoxy) is 5. The maximum atomic E-state index is 6.30. The van der Waals surface area contributed by atoms with Crippen molar-refractivity contribution in [1.82, 2.24) is 0 Å². The zero-order valence-corrected chi connectivity index (χ0v) is 13.7. The lowest BCUT2D eigenvalue weighted by Gasteiger charge is -2.37. The molecule has 3 aliphatic heterocycles. The van der Waals surface area contributed by atoms with E-state index in [2.05, 4.69) is 26.0 Å². The maximum absolute atomic E-state index is 6.30. The molecule has 0 aliphatic carbocycles. The van der Waals surface area contributed by atoms with Crippen molar-refractivity contribution < 1.29 is 23.7 Å². The Morgan fingerprint density at radius 3 is 1.58 bits per heavy atom. The zero-order chi connectivity index (χ0) is 16.3. The van der Waals surface area contributed by atoms with Gasteiger partial charge in [0.2, 0.25) is 11.5 Å². The Morgan fingerprint density at radius 2 is 1.08 bits per heavy atom. The molecule has 0 unspecified atom stereocenters. The summed E-state index contributed by atoms with van der Waals surface area (Å²) in [6.07, 6.45) is 0. The topological polar surface area (TPSA) is 46.2 Å². The Labute approximate surface area is 140 Å². The Hall–Kier alpha value is -2.56. The first-order valence-electron chi connectivity index (χ1n) is 8.20. The molecule has 0 spiro atoms. The number of benzene rings is 2. The molecular formula is C19H18O5. The van der Waals surface area contributed by atoms with Crippen LogP contribution in [0.2, 0.25) is 0 Å². The van der Waals surface area contributed by atoms with Gasteiger partial charge in [-0.05, 0) is 12.1 Å². The second kappa shape index (κ2) is 4.72. The molecule has 0 saturated carbocycles. The van der Waals surface area contributed by atoms with Crippen molar-refractivity contribution in [2.75, 3.05) is 26.4 Å². The molecule has 0 radical (unpaired) electrons. The monoisotopic (exact) mass is 326 g/mol. The van der Waals surface area contributed by atoms with Crippen molar-refractivity contribution >= 4 is 0 Å². The third-order valence-electron chi connectivity index (χ3n) is 4.88. The normalized spacial score (nSPS) is 18.9. The van der Waals surface area contributed by atoms with Gasteiger partial charge in [-0.2, -0.15) is 0 Å². The third kappa shape index (κ3) is 1.75. The molecule has 0 amide bonds. The van der Waals surface area contributed by atoms with Crippen molar-refractivity contribution in [3.05, 3.63) is 35.4 Å². The molecular weight excluding hydrogens is 308 g/mol. The number of hydrogen-bond donors (Lipinski definition) is 0. The lowest BCUT2D eigenvalue weighted by atomic mass is 9.75. The first-order valence-corrected chi connectivity index (χ1v) is 8.20. The molecule has 0 atom stereocenters. The van der Waals surface area contributed by atoms with E-state index in [1.165, 1.54) is 0 Å². The summed E-state index contributed by atoms with van der Waals surface area (Å²) in [6, 6.07) is 8.04. The van der Waals surface area contributed by atoms with Gasteiger partial charge in [-0.25, -0.2) is 0 Å². The summed E-state index contributed by atoms with van der Waals surface area (Å²) >= 11 is 0. The summed E-state index contributed by atoms with van der Waals surface area (Å²) in [5, 5.41) is 0. The van der Waals surface area contributed by atoms with Gasteiger partial charge in [-0.3, -0.25) is 0 Å². The van der Waals surface area contributed by atoms with Crippen LogP contribution in [0, 0.1) is 0 Å². The number of rotatable bonds is 0. The van der Waals surface area contributed by atoms with E-state index in [-0.39, 0.29) is 5.41 Å². The summed E-state index contributed by atoms with van der Waals surface area (Å²) in [5.74, 6) is 4.22. The van der Waals surface area contributed by atoms with Gasteiger partial charge < -0.3 is 23.7 Å². The molecule has 0 N–H and O–H groups in total. The summed E-state index contributed by atoms with van der Waals surface area (Å²) in [4.78, 5) is 0. The standard InChI is InChI=1S/C19H18O5/c1-19(2)11-3-5-13-17(22-9-7-20-13)15(11)24-16-12(19)4-6-14-18(16)23-10-8-21-14/h3-6H,7-10H2,1-2H3. The Kier molecular flexibility index (Phi) is 2.72. The first kappa shape index (κ1) is 13.8. The van der Waals surface area contributed by atoms with E-state index in [0.29, 0.717) is 49.4 Å². The van der Waals surface area contributed by atoms with Crippen LogP contribution >= 0.6 is 0 Å². The lowest BCUT2D eigenvalue weighted by Crippen LogP contribution is -2.27. The highest BCUT2D eigenvalue weighted by Crippen LogP contribution is 2.58.